The lowest BCUT2D eigenvalue weighted by Crippen LogP contribution is -2.37. The van der Waals surface area contributed by atoms with E-state index < -0.39 is 23.6 Å². The van der Waals surface area contributed by atoms with Crippen LogP contribution in [0.5, 0.6) is 5.75 Å². The molecule has 0 saturated heterocycles. The number of hydrogen-bond acceptors (Lipinski definition) is 4. The van der Waals surface area contributed by atoms with Gasteiger partial charge in [0.2, 0.25) is 0 Å². The maximum Gasteiger partial charge on any atom is 0.260 e. The number of nitrogens with one attached hydrogen (secondary N) is 1. The fourth-order valence-electron chi connectivity index (χ4n) is 1.45. The van der Waals surface area contributed by atoms with E-state index >= 15 is 0 Å². The zero-order chi connectivity index (χ0) is 15.1. The molecule has 0 saturated carbocycles. The van der Waals surface area contributed by atoms with Crippen LogP contribution < -0.4 is 15.8 Å². The monoisotopic (exact) mass is 288 g/mol. The molecule has 0 fully saturated rings. The molecule has 0 radical (unpaired) electrons. The molecule has 0 aromatic heterocycles. The van der Waals surface area contributed by atoms with Crippen molar-refractivity contribution in [3.63, 3.8) is 0 Å². The Morgan fingerprint density at radius 2 is 2.10 bits per heavy atom. The number of rotatable bonds is 7. The van der Waals surface area contributed by atoms with Gasteiger partial charge in [0.25, 0.3) is 5.91 Å². The average molecular weight is 288 g/mol. The summed E-state index contributed by atoms with van der Waals surface area (Å²) in [6.45, 7) is 2.38. The van der Waals surface area contributed by atoms with Crippen LogP contribution in [0, 0.1) is 11.6 Å². The number of amides is 1. The van der Waals surface area contributed by atoms with Crippen LogP contribution in [0.1, 0.15) is 13.3 Å². The average Bonchev–Trinajstić information content (AvgIpc) is 2.40. The molecule has 1 amide bonds. The van der Waals surface area contributed by atoms with Gasteiger partial charge < -0.3 is 20.5 Å². The van der Waals surface area contributed by atoms with E-state index in [0.29, 0.717) is 19.6 Å². The molecule has 112 valence electrons. The van der Waals surface area contributed by atoms with Crippen molar-refractivity contribution in [1.82, 2.24) is 5.32 Å². The van der Waals surface area contributed by atoms with Gasteiger partial charge in [0.05, 0.1) is 5.69 Å². The molecular weight excluding hydrogens is 270 g/mol. The van der Waals surface area contributed by atoms with Crippen LogP contribution in [0.2, 0.25) is 0 Å². The van der Waals surface area contributed by atoms with E-state index in [9.17, 15) is 13.6 Å². The first-order valence-corrected chi connectivity index (χ1v) is 6.13. The van der Waals surface area contributed by atoms with Gasteiger partial charge in [0, 0.05) is 32.4 Å². The lowest BCUT2D eigenvalue weighted by molar-refractivity contribution is -0.127. The predicted octanol–water partition coefficient (Wildman–Crippen LogP) is 1.47. The van der Waals surface area contributed by atoms with Gasteiger partial charge in [0.15, 0.2) is 17.7 Å². The Kier molecular flexibility index (Phi) is 6.17. The van der Waals surface area contributed by atoms with Gasteiger partial charge in [-0.2, -0.15) is 0 Å². The molecular formula is C13H18F2N2O3. The summed E-state index contributed by atoms with van der Waals surface area (Å²) in [5, 5.41) is 2.60. The summed E-state index contributed by atoms with van der Waals surface area (Å²) < 4.78 is 36.6. The molecule has 1 aromatic carbocycles. The van der Waals surface area contributed by atoms with E-state index in [-0.39, 0.29) is 11.4 Å². The van der Waals surface area contributed by atoms with E-state index in [4.69, 9.17) is 15.2 Å². The summed E-state index contributed by atoms with van der Waals surface area (Å²) in [6, 6.07) is 1.63. The summed E-state index contributed by atoms with van der Waals surface area (Å²) in [6.07, 6.45) is -0.296. The summed E-state index contributed by atoms with van der Waals surface area (Å²) in [5.41, 5.74) is 4.90. The number of methoxy groups -OCH3 is 1. The van der Waals surface area contributed by atoms with E-state index in [2.05, 4.69) is 5.32 Å². The molecule has 0 spiro atoms. The van der Waals surface area contributed by atoms with Crippen molar-refractivity contribution in [2.75, 3.05) is 26.0 Å². The standard InChI is InChI=1S/C13H18F2N2O3/c1-8(13(18)17-4-3-5-19-2)20-12-7-9(14)11(16)6-10(12)15/h6-8H,3-5,16H2,1-2H3,(H,17,18). The van der Waals surface area contributed by atoms with Gasteiger partial charge >= 0.3 is 0 Å². The second-order valence-corrected chi connectivity index (χ2v) is 4.20. The zero-order valence-electron chi connectivity index (χ0n) is 11.4. The number of anilines is 1. The molecule has 1 rings (SSSR count). The number of hydrogen-bond donors (Lipinski definition) is 2. The number of benzene rings is 1. The van der Waals surface area contributed by atoms with Crippen LogP contribution in [0.4, 0.5) is 14.5 Å². The van der Waals surface area contributed by atoms with Gasteiger partial charge in [-0.05, 0) is 13.3 Å². The predicted molar refractivity (Wildman–Crippen MR) is 70.4 cm³/mol. The lowest BCUT2D eigenvalue weighted by Gasteiger charge is -2.15. The topological polar surface area (TPSA) is 73.6 Å². The Labute approximate surface area is 116 Å². The smallest absolute Gasteiger partial charge is 0.260 e. The van der Waals surface area contributed by atoms with Crippen LogP contribution in [0.15, 0.2) is 12.1 Å². The number of halogens is 2. The van der Waals surface area contributed by atoms with Crippen LogP contribution in [0.3, 0.4) is 0 Å². The first-order valence-electron chi connectivity index (χ1n) is 6.13. The first kappa shape index (κ1) is 16.2. The van der Waals surface area contributed by atoms with Crippen LogP contribution in [-0.4, -0.2) is 32.3 Å². The molecule has 1 unspecified atom stereocenters. The van der Waals surface area contributed by atoms with Crippen LogP contribution in [-0.2, 0) is 9.53 Å². The minimum atomic E-state index is -0.949. The van der Waals surface area contributed by atoms with E-state index in [1.54, 1.807) is 7.11 Å². The SMILES string of the molecule is COCCCNC(=O)C(C)Oc1cc(F)c(N)cc1F. The van der Waals surface area contributed by atoms with Gasteiger partial charge in [0.1, 0.15) is 5.82 Å². The Morgan fingerprint density at radius 1 is 1.40 bits per heavy atom. The van der Waals surface area contributed by atoms with E-state index in [1.165, 1.54) is 6.92 Å². The normalized spacial score (nSPS) is 12.0. The Bertz CT molecular complexity index is 469. The summed E-state index contributed by atoms with van der Waals surface area (Å²) >= 11 is 0. The van der Waals surface area contributed by atoms with E-state index in [1.807, 2.05) is 0 Å². The highest BCUT2D eigenvalue weighted by atomic mass is 19.1. The fourth-order valence-corrected chi connectivity index (χ4v) is 1.45. The summed E-state index contributed by atoms with van der Waals surface area (Å²) in [7, 11) is 1.56. The number of nitrogen functional groups attached to an aromatic ring is 1. The Balaban J connectivity index is 2.55. The first-order chi connectivity index (χ1) is 9.45. The lowest BCUT2D eigenvalue weighted by atomic mass is 10.2. The van der Waals surface area contributed by atoms with Gasteiger partial charge in [-0.1, -0.05) is 0 Å². The third-order valence-electron chi connectivity index (χ3n) is 2.55. The third-order valence-corrected chi connectivity index (χ3v) is 2.55. The molecule has 0 bridgehead atoms. The van der Waals surface area contributed by atoms with Crippen molar-refractivity contribution < 1.29 is 23.0 Å². The maximum absolute atomic E-state index is 13.5. The number of carbonyl (C=O) groups is 1. The van der Waals surface area contributed by atoms with Crippen LogP contribution >= 0.6 is 0 Å². The van der Waals surface area contributed by atoms with Crippen molar-refractivity contribution in [2.45, 2.75) is 19.4 Å². The van der Waals surface area contributed by atoms with Gasteiger partial charge in [-0.15, -0.1) is 0 Å². The molecule has 7 heteroatoms. The van der Waals surface area contributed by atoms with Crippen LogP contribution in [0.25, 0.3) is 0 Å². The summed E-state index contributed by atoms with van der Waals surface area (Å²) in [4.78, 5) is 11.7. The molecule has 0 heterocycles. The highest BCUT2D eigenvalue weighted by Gasteiger charge is 2.17. The van der Waals surface area contributed by atoms with Crippen molar-refractivity contribution in [1.29, 1.82) is 0 Å². The second kappa shape index (κ2) is 7.64. The summed E-state index contributed by atoms with van der Waals surface area (Å²) in [5.74, 6) is -2.38. The fraction of sp³-hybridized carbons (Fsp3) is 0.462. The molecule has 1 atom stereocenters. The van der Waals surface area contributed by atoms with Crippen molar-refractivity contribution in [3.05, 3.63) is 23.8 Å². The number of nitrogens with two attached hydrogens (primary N) is 1. The highest BCUT2D eigenvalue weighted by Crippen LogP contribution is 2.23. The van der Waals surface area contributed by atoms with Gasteiger partial charge in [-0.3, -0.25) is 4.79 Å². The molecule has 5 nitrogen and oxygen atoms in total. The molecule has 3 N–H and O–H groups in total. The Morgan fingerprint density at radius 3 is 2.75 bits per heavy atom. The van der Waals surface area contributed by atoms with Gasteiger partial charge in [-0.25, -0.2) is 8.78 Å². The maximum atomic E-state index is 13.5. The van der Waals surface area contributed by atoms with Crippen molar-refractivity contribution in [3.8, 4) is 5.75 Å². The molecule has 0 aliphatic rings. The second-order valence-electron chi connectivity index (χ2n) is 4.20. The van der Waals surface area contributed by atoms with E-state index in [0.717, 1.165) is 12.1 Å². The molecule has 0 aliphatic heterocycles. The van der Waals surface area contributed by atoms with Crippen molar-refractivity contribution >= 4 is 11.6 Å². The number of carbonyl (C=O) groups excluding carboxylic acids is 1. The third kappa shape index (κ3) is 4.65. The molecule has 20 heavy (non-hydrogen) atoms. The zero-order valence-corrected chi connectivity index (χ0v) is 11.4. The minimum absolute atomic E-state index is 0.313. The highest BCUT2D eigenvalue weighted by molar-refractivity contribution is 5.80. The quantitative estimate of drug-likeness (QED) is 0.588. The largest absolute Gasteiger partial charge is 0.478 e. The van der Waals surface area contributed by atoms with Crippen molar-refractivity contribution in [2.24, 2.45) is 0 Å². The Hall–Kier alpha value is -1.89. The minimum Gasteiger partial charge on any atom is -0.478 e. The number of ether oxygens (including phenoxy) is 2. The molecule has 0 aliphatic carbocycles. The molecule has 1 aromatic rings.